The van der Waals surface area contributed by atoms with Gasteiger partial charge in [0.05, 0.1) is 4.90 Å². The standard InChI is InChI=1S/C14H10BrClO3S/c15-11-3-1-2-10(8-11)14(17)9-20(18,19)13-6-4-12(16)5-7-13/h1-8H,9H2. The fraction of sp³-hybridized carbons (Fsp3) is 0.0714. The maximum Gasteiger partial charge on any atom is 0.185 e. The molecule has 0 radical (unpaired) electrons. The van der Waals surface area contributed by atoms with E-state index >= 15 is 0 Å². The Bertz CT molecular complexity index is 739. The van der Waals surface area contributed by atoms with Crippen molar-refractivity contribution in [2.45, 2.75) is 4.90 Å². The molecule has 104 valence electrons. The summed E-state index contributed by atoms with van der Waals surface area (Å²) in [4.78, 5) is 12.1. The minimum atomic E-state index is -3.66. The summed E-state index contributed by atoms with van der Waals surface area (Å²) in [6.07, 6.45) is 0. The van der Waals surface area contributed by atoms with Gasteiger partial charge in [0.2, 0.25) is 0 Å². The van der Waals surface area contributed by atoms with Gasteiger partial charge in [-0.2, -0.15) is 0 Å². The molecule has 6 heteroatoms. The van der Waals surface area contributed by atoms with E-state index in [9.17, 15) is 13.2 Å². The molecule has 0 saturated heterocycles. The smallest absolute Gasteiger partial charge is 0.185 e. The van der Waals surface area contributed by atoms with Crippen molar-refractivity contribution >= 4 is 43.2 Å². The van der Waals surface area contributed by atoms with Gasteiger partial charge in [-0.1, -0.05) is 39.7 Å². The van der Waals surface area contributed by atoms with Gasteiger partial charge < -0.3 is 0 Å². The molecular weight excluding hydrogens is 364 g/mol. The van der Waals surface area contributed by atoms with Gasteiger partial charge in [0.1, 0.15) is 5.75 Å². The molecule has 0 aromatic heterocycles. The number of benzene rings is 2. The van der Waals surface area contributed by atoms with Crippen molar-refractivity contribution in [2.75, 3.05) is 5.75 Å². The summed E-state index contributed by atoms with van der Waals surface area (Å²) in [6.45, 7) is 0. The number of carbonyl (C=O) groups excluding carboxylic acids is 1. The lowest BCUT2D eigenvalue weighted by molar-refractivity contribution is 0.102. The van der Waals surface area contributed by atoms with Gasteiger partial charge in [0.15, 0.2) is 15.6 Å². The van der Waals surface area contributed by atoms with Crippen molar-refractivity contribution in [2.24, 2.45) is 0 Å². The largest absolute Gasteiger partial charge is 0.293 e. The molecule has 0 aliphatic rings. The Kier molecular flexibility index (Phi) is 4.62. The van der Waals surface area contributed by atoms with Gasteiger partial charge in [0, 0.05) is 15.1 Å². The minimum absolute atomic E-state index is 0.0882. The molecule has 0 bridgehead atoms. The van der Waals surface area contributed by atoms with Crippen LogP contribution in [0.25, 0.3) is 0 Å². The second-order valence-corrected chi connectivity index (χ2v) is 7.49. The van der Waals surface area contributed by atoms with Crippen LogP contribution < -0.4 is 0 Å². The van der Waals surface area contributed by atoms with Gasteiger partial charge in [-0.3, -0.25) is 4.79 Å². The van der Waals surface area contributed by atoms with Crippen molar-refractivity contribution in [1.82, 2.24) is 0 Å². The highest BCUT2D eigenvalue weighted by Gasteiger charge is 2.20. The van der Waals surface area contributed by atoms with Gasteiger partial charge in [0.25, 0.3) is 0 Å². The number of hydrogen-bond acceptors (Lipinski definition) is 3. The SMILES string of the molecule is O=C(CS(=O)(=O)c1ccc(Cl)cc1)c1cccc(Br)c1. The molecule has 0 heterocycles. The van der Waals surface area contributed by atoms with Crippen LogP contribution in [0, 0.1) is 0 Å². The van der Waals surface area contributed by atoms with Crippen molar-refractivity contribution < 1.29 is 13.2 Å². The number of halogens is 2. The number of hydrogen-bond donors (Lipinski definition) is 0. The van der Waals surface area contributed by atoms with E-state index in [1.807, 2.05) is 0 Å². The average Bonchev–Trinajstić information content (AvgIpc) is 2.38. The fourth-order valence-electron chi connectivity index (χ4n) is 1.64. The zero-order valence-corrected chi connectivity index (χ0v) is 13.4. The molecule has 0 aliphatic heterocycles. The normalized spacial score (nSPS) is 11.3. The van der Waals surface area contributed by atoms with E-state index in [1.54, 1.807) is 24.3 Å². The Labute approximate surface area is 130 Å². The first-order valence-corrected chi connectivity index (χ1v) is 8.48. The van der Waals surface area contributed by atoms with Crippen LogP contribution in [-0.4, -0.2) is 20.0 Å². The molecule has 2 rings (SSSR count). The quantitative estimate of drug-likeness (QED) is 0.767. The molecule has 0 saturated carbocycles. The molecular formula is C14H10BrClO3S. The lowest BCUT2D eigenvalue weighted by Crippen LogP contribution is -2.16. The number of carbonyl (C=O) groups is 1. The molecule has 0 N–H and O–H groups in total. The van der Waals surface area contributed by atoms with Crippen molar-refractivity contribution in [3.8, 4) is 0 Å². The van der Waals surface area contributed by atoms with Gasteiger partial charge in [-0.15, -0.1) is 0 Å². The van der Waals surface area contributed by atoms with Gasteiger partial charge in [-0.25, -0.2) is 8.42 Å². The monoisotopic (exact) mass is 372 g/mol. The van der Waals surface area contributed by atoms with Crippen LogP contribution in [0.15, 0.2) is 57.9 Å². The first-order valence-electron chi connectivity index (χ1n) is 5.65. The van der Waals surface area contributed by atoms with Crippen LogP contribution in [0.5, 0.6) is 0 Å². The summed E-state index contributed by atoms with van der Waals surface area (Å²) in [5.74, 6) is -1.01. The van der Waals surface area contributed by atoms with E-state index in [1.165, 1.54) is 24.3 Å². The van der Waals surface area contributed by atoms with Crippen LogP contribution >= 0.6 is 27.5 Å². The highest BCUT2D eigenvalue weighted by Crippen LogP contribution is 2.18. The molecule has 2 aromatic rings. The predicted molar refractivity (Wildman–Crippen MR) is 82.0 cm³/mol. The van der Waals surface area contributed by atoms with Crippen LogP contribution in [0.4, 0.5) is 0 Å². The lowest BCUT2D eigenvalue weighted by Gasteiger charge is -2.05. The summed E-state index contributed by atoms with van der Waals surface area (Å²) < 4.78 is 25.0. The average molecular weight is 374 g/mol. The second kappa shape index (κ2) is 6.08. The van der Waals surface area contributed by atoms with Crippen LogP contribution in [0.1, 0.15) is 10.4 Å². The fourth-order valence-corrected chi connectivity index (χ4v) is 3.40. The molecule has 0 fully saturated rings. The molecule has 20 heavy (non-hydrogen) atoms. The zero-order valence-electron chi connectivity index (χ0n) is 10.2. The second-order valence-electron chi connectivity index (χ2n) is 4.15. The van der Waals surface area contributed by atoms with Crippen molar-refractivity contribution in [3.05, 3.63) is 63.6 Å². The third kappa shape index (κ3) is 3.69. The summed E-state index contributed by atoms with van der Waals surface area (Å²) in [5.41, 5.74) is 0.358. The van der Waals surface area contributed by atoms with Crippen molar-refractivity contribution in [1.29, 1.82) is 0 Å². The molecule has 0 atom stereocenters. The van der Waals surface area contributed by atoms with Crippen LogP contribution in [0.2, 0.25) is 5.02 Å². The summed E-state index contributed by atoms with van der Waals surface area (Å²) in [7, 11) is -3.66. The van der Waals surface area contributed by atoms with Gasteiger partial charge >= 0.3 is 0 Å². The topological polar surface area (TPSA) is 51.2 Å². The van der Waals surface area contributed by atoms with Gasteiger partial charge in [-0.05, 0) is 36.4 Å². The molecule has 0 aliphatic carbocycles. The predicted octanol–water partition coefficient (Wildman–Crippen LogP) is 3.76. The molecule has 0 unspecified atom stereocenters. The van der Waals surface area contributed by atoms with E-state index in [2.05, 4.69) is 15.9 Å². The molecule has 0 amide bonds. The van der Waals surface area contributed by atoms with E-state index in [-0.39, 0.29) is 4.90 Å². The minimum Gasteiger partial charge on any atom is -0.293 e. The number of Topliss-reactive ketones (excluding diaryl/α,β-unsaturated/α-hetero) is 1. The Morgan fingerprint density at radius 1 is 1.10 bits per heavy atom. The summed E-state index contributed by atoms with van der Waals surface area (Å²) in [6, 6.07) is 12.4. The maximum atomic E-state index is 12.1. The lowest BCUT2D eigenvalue weighted by atomic mass is 10.2. The Balaban J connectivity index is 2.24. The first kappa shape index (κ1) is 15.2. The van der Waals surface area contributed by atoms with E-state index in [0.29, 0.717) is 10.6 Å². The Hall–Kier alpha value is -1.17. The number of ketones is 1. The van der Waals surface area contributed by atoms with E-state index < -0.39 is 21.4 Å². The summed E-state index contributed by atoms with van der Waals surface area (Å²) >= 11 is 8.96. The third-order valence-electron chi connectivity index (χ3n) is 2.64. The van der Waals surface area contributed by atoms with E-state index in [4.69, 9.17) is 11.6 Å². The Morgan fingerprint density at radius 3 is 2.35 bits per heavy atom. The molecule has 0 spiro atoms. The Morgan fingerprint density at radius 2 is 1.75 bits per heavy atom. The number of rotatable bonds is 4. The molecule has 3 nitrogen and oxygen atoms in total. The van der Waals surface area contributed by atoms with Crippen molar-refractivity contribution in [3.63, 3.8) is 0 Å². The first-order chi connectivity index (χ1) is 9.38. The number of sulfone groups is 1. The zero-order chi connectivity index (χ0) is 14.8. The highest BCUT2D eigenvalue weighted by molar-refractivity contribution is 9.10. The van der Waals surface area contributed by atoms with E-state index in [0.717, 1.165) is 4.47 Å². The van der Waals surface area contributed by atoms with Crippen LogP contribution in [-0.2, 0) is 9.84 Å². The molecule has 2 aromatic carbocycles. The third-order valence-corrected chi connectivity index (χ3v) is 5.02. The van der Waals surface area contributed by atoms with Crippen LogP contribution in [0.3, 0.4) is 0 Å². The maximum absolute atomic E-state index is 12.1. The summed E-state index contributed by atoms with van der Waals surface area (Å²) in [5, 5.41) is 0.447. The highest BCUT2D eigenvalue weighted by atomic mass is 79.9.